The van der Waals surface area contributed by atoms with Gasteiger partial charge in [-0.3, -0.25) is 0 Å². The Bertz CT molecular complexity index is 963. The largest absolute Gasteiger partial charge is 0.345 e. The molecule has 1 aliphatic heterocycles. The standard InChI is InChI=1S/C12H11ClN6O2S/c13-8-3-9-10(5-15-12(9)14-4-8)22(20,21)18-1-2-19-11(6-18)16-7-17-19/h3-5,7H,1-2,6H2,(H,14,15). The van der Waals surface area contributed by atoms with Gasteiger partial charge >= 0.3 is 0 Å². The lowest BCUT2D eigenvalue weighted by Crippen LogP contribution is -2.38. The van der Waals surface area contributed by atoms with Crippen LogP contribution < -0.4 is 0 Å². The molecule has 3 aromatic heterocycles. The predicted molar refractivity (Wildman–Crippen MR) is 78.7 cm³/mol. The summed E-state index contributed by atoms with van der Waals surface area (Å²) in [6.45, 7) is 1.03. The van der Waals surface area contributed by atoms with E-state index in [1.807, 2.05) is 0 Å². The van der Waals surface area contributed by atoms with E-state index in [4.69, 9.17) is 11.6 Å². The molecule has 0 spiro atoms. The Balaban J connectivity index is 1.79. The highest BCUT2D eigenvalue weighted by molar-refractivity contribution is 7.89. The normalized spacial score (nSPS) is 16.0. The van der Waals surface area contributed by atoms with Crippen molar-refractivity contribution in [2.75, 3.05) is 6.54 Å². The van der Waals surface area contributed by atoms with Gasteiger partial charge in [-0.15, -0.1) is 0 Å². The number of aromatic nitrogens is 5. The van der Waals surface area contributed by atoms with E-state index < -0.39 is 10.0 Å². The fourth-order valence-electron chi connectivity index (χ4n) is 2.55. The third kappa shape index (κ3) is 2.01. The van der Waals surface area contributed by atoms with E-state index in [1.165, 1.54) is 23.0 Å². The lowest BCUT2D eigenvalue weighted by atomic mass is 10.3. The summed E-state index contributed by atoms with van der Waals surface area (Å²) in [4.78, 5) is 11.2. The Kier molecular flexibility index (Phi) is 2.96. The number of halogens is 1. The first-order valence-corrected chi connectivity index (χ1v) is 8.37. The molecule has 0 fully saturated rings. The predicted octanol–water partition coefficient (Wildman–Crippen LogP) is 1.01. The van der Waals surface area contributed by atoms with Crippen molar-refractivity contribution in [1.82, 2.24) is 29.0 Å². The average molecular weight is 339 g/mol. The van der Waals surface area contributed by atoms with Gasteiger partial charge in [0.25, 0.3) is 0 Å². The van der Waals surface area contributed by atoms with Crippen LogP contribution in [-0.4, -0.2) is 44.0 Å². The topological polar surface area (TPSA) is 96.8 Å². The Labute approximate surface area is 130 Å². The van der Waals surface area contributed by atoms with Crippen molar-refractivity contribution in [3.8, 4) is 0 Å². The minimum absolute atomic E-state index is 0.172. The van der Waals surface area contributed by atoms with Crippen LogP contribution in [0.2, 0.25) is 5.02 Å². The number of nitrogens with one attached hydrogen (secondary N) is 1. The molecule has 0 unspecified atom stereocenters. The van der Waals surface area contributed by atoms with Gasteiger partial charge in [-0.1, -0.05) is 11.6 Å². The molecule has 1 aliphatic rings. The molecular weight excluding hydrogens is 328 g/mol. The van der Waals surface area contributed by atoms with Crippen molar-refractivity contribution in [1.29, 1.82) is 0 Å². The number of pyridine rings is 1. The summed E-state index contributed by atoms with van der Waals surface area (Å²) >= 11 is 5.93. The minimum Gasteiger partial charge on any atom is -0.345 e. The summed E-state index contributed by atoms with van der Waals surface area (Å²) < 4.78 is 28.9. The summed E-state index contributed by atoms with van der Waals surface area (Å²) in [6, 6.07) is 1.60. The van der Waals surface area contributed by atoms with Crippen LogP contribution >= 0.6 is 11.6 Å². The van der Waals surface area contributed by atoms with Crippen LogP contribution in [-0.2, 0) is 23.1 Å². The quantitative estimate of drug-likeness (QED) is 0.752. The van der Waals surface area contributed by atoms with Crippen molar-refractivity contribution in [2.45, 2.75) is 18.0 Å². The molecule has 0 bridgehead atoms. The number of nitrogens with zero attached hydrogens (tertiary/aromatic N) is 5. The Morgan fingerprint density at radius 2 is 2.14 bits per heavy atom. The maximum atomic E-state index is 12.9. The average Bonchev–Trinajstić information content (AvgIpc) is 3.12. The number of aromatic amines is 1. The Morgan fingerprint density at radius 1 is 1.27 bits per heavy atom. The van der Waals surface area contributed by atoms with Crippen molar-refractivity contribution in [2.24, 2.45) is 0 Å². The zero-order valence-electron chi connectivity index (χ0n) is 11.3. The maximum absolute atomic E-state index is 12.9. The molecule has 0 atom stereocenters. The van der Waals surface area contributed by atoms with Crippen molar-refractivity contribution in [3.63, 3.8) is 0 Å². The van der Waals surface area contributed by atoms with E-state index in [2.05, 4.69) is 20.1 Å². The highest BCUT2D eigenvalue weighted by Crippen LogP contribution is 2.28. The molecular formula is C12H11ClN6O2S. The number of fused-ring (bicyclic) bond motifs is 2. The lowest BCUT2D eigenvalue weighted by Gasteiger charge is -2.25. The molecule has 0 saturated carbocycles. The van der Waals surface area contributed by atoms with Crippen molar-refractivity contribution >= 4 is 32.7 Å². The Hall–Kier alpha value is -1.97. The van der Waals surface area contributed by atoms with Gasteiger partial charge in [-0.2, -0.15) is 9.40 Å². The number of hydrogen-bond acceptors (Lipinski definition) is 5. The van der Waals surface area contributed by atoms with Crippen LogP contribution in [0.3, 0.4) is 0 Å². The second-order valence-corrected chi connectivity index (χ2v) is 7.28. The minimum atomic E-state index is -3.66. The van der Waals surface area contributed by atoms with Gasteiger partial charge in [0.2, 0.25) is 10.0 Å². The van der Waals surface area contributed by atoms with Gasteiger partial charge in [0.1, 0.15) is 22.7 Å². The van der Waals surface area contributed by atoms with Gasteiger partial charge < -0.3 is 4.98 Å². The Morgan fingerprint density at radius 3 is 3.00 bits per heavy atom. The molecule has 1 N–H and O–H groups in total. The van der Waals surface area contributed by atoms with E-state index in [9.17, 15) is 8.42 Å². The van der Waals surface area contributed by atoms with Gasteiger partial charge in [0.15, 0.2) is 0 Å². The fourth-order valence-corrected chi connectivity index (χ4v) is 4.24. The molecule has 8 nitrogen and oxygen atoms in total. The molecule has 0 radical (unpaired) electrons. The number of sulfonamides is 1. The molecule has 0 aliphatic carbocycles. The zero-order valence-corrected chi connectivity index (χ0v) is 12.8. The van der Waals surface area contributed by atoms with Crippen LogP contribution in [0.15, 0.2) is 29.7 Å². The van der Waals surface area contributed by atoms with Crippen LogP contribution in [0.1, 0.15) is 5.82 Å². The molecule has 114 valence electrons. The SMILES string of the molecule is O=S(=O)(c1c[nH]c2ncc(Cl)cc12)N1CCn2ncnc2C1. The monoisotopic (exact) mass is 338 g/mol. The number of H-pyrrole nitrogens is 1. The first kappa shape index (κ1) is 13.7. The molecule has 4 heterocycles. The molecule has 3 aromatic rings. The highest BCUT2D eigenvalue weighted by atomic mass is 35.5. The molecule has 0 saturated heterocycles. The first-order chi connectivity index (χ1) is 10.6. The summed E-state index contributed by atoms with van der Waals surface area (Å²) in [6.07, 6.45) is 4.35. The highest BCUT2D eigenvalue weighted by Gasteiger charge is 2.31. The molecule has 0 aromatic carbocycles. The maximum Gasteiger partial charge on any atom is 0.245 e. The van der Waals surface area contributed by atoms with Gasteiger partial charge in [-0.05, 0) is 6.07 Å². The zero-order chi connectivity index (χ0) is 15.3. The molecule has 4 rings (SSSR count). The van der Waals surface area contributed by atoms with E-state index in [0.717, 1.165) is 0 Å². The summed E-state index contributed by atoms with van der Waals surface area (Å²) in [5.74, 6) is 0.630. The van der Waals surface area contributed by atoms with Gasteiger partial charge in [0.05, 0.1) is 18.1 Å². The molecule has 22 heavy (non-hydrogen) atoms. The number of hydrogen-bond donors (Lipinski definition) is 1. The fraction of sp³-hybridized carbons (Fsp3) is 0.250. The molecule has 10 heteroatoms. The van der Waals surface area contributed by atoms with Crippen LogP contribution in [0, 0.1) is 0 Å². The van der Waals surface area contributed by atoms with Gasteiger partial charge in [-0.25, -0.2) is 23.1 Å². The summed E-state index contributed by atoms with van der Waals surface area (Å²) in [5, 5.41) is 4.92. The van der Waals surface area contributed by atoms with E-state index in [0.29, 0.717) is 35.0 Å². The second kappa shape index (κ2) is 4.77. The van der Waals surface area contributed by atoms with Crippen molar-refractivity contribution < 1.29 is 8.42 Å². The van der Waals surface area contributed by atoms with E-state index in [-0.39, 0.29) is 11.4 Å². The summed E-state index contributed by atoms with van der Waals surface area (Å²) in [5.41, 5.74) is 0.489. The first-order valence-electron chi connectivity index (χ1n) is 6.55. The van der Waals surface area contributed by atoms with Crippen LogP contribution in [0.25, 0.3) is 11.0 Å². The van der Waals surface area contributed by atoms with E-state index in [1.54, 1.807) is 10.7 Å². The summed E-state index contributed by atoms with van der Waals surface area (Å²) in [7, 11) is -3.66. The van der Waals surface area contributed by atoms with Crippen LogP contribution in [0.4, 0.5) is 0 Å². The second-order valence-electron chi connectivity index (χ2n) is 4.94. The van der Waals surface area contributed by atoms with Crippen LogP contribution in [0.5, 0.6) is 0 Å². The smallest absolute Gasteiger partial charge is 0.245 e. The third-order valence-electron chi connectivity index (χ3n) is 3.65. The van der Waals surface area contributed by atoms with Crippen molar-refractivity contribution in [3.05, 3.63) is 35.6 Å². The van der Waals surface area contributed by atoms with Gasteiger partial charge in [0, 0.05) is 24.3 Å². The third-order valence-corrected chi connectivity index (χ3v) is 5.74. The lowest BCUT2D eigenvalue weighted by molar-refractivity contribution is 0.322. The molecule has 0 amide bonds. The number of rotatable bonds is 2. The van der Waals surface area contributed by atoms with E-state index >= 15 is 0 Å².